The van der Waals surface area contributed by atoms with Crippen molar-refractivity contribution < 1.29 is 9.53 Å². The first kappa shape index (κ1) is 11.8. The second-order valence-corrected chi connectivity index (χ2v) is 1.89. The number of ether oxygens (including phenoxy) is 1. The van der Waals surface area contributed by atoms with Crippen LogP contribution in [0.4, 0.5) is 0 Å². The van der Waals surface area contributed by atoms with Gasteiger partial charge in [-0.05, 0) is 13.8 Å². The molecule has 0 unspecified atom stereocenters. The van der Waals surface area contributed by atoms with E-state index >= 15 is 0 Å². The van der Waals surface area contributed by atoms with Gasteiger partial charge in [0.05, 0.1) is 6.10 Å². The lowest BCUT2D eigenvalue weighted by Gasteiger charge is -2.04. The number of hydrogen-bond acceptors (Lipinski definition) is 2. The fraction of sp³-hybridized carbons (Fsp3) is 0.833. The molecule has 0 aliphatic heterocycles. The van der Waals surface area contributed by atoms with Crippen LogP contribution in [-0.2, 0) is 9.53 Å². The molecule has 0 radical (unpaired) electrons. The lowest BCUT2D eigenvalue weighted by Crippen LogP contribution is -2.09. The molecule has 0 N–H and O–H groups in total. The van der Waals surface area contributed by atoms with Crippen LogP contribution in [-0.4, -0.2) is 29.4 Å². The summed E-state index contributed by atoms with van der Waals surface area (Å²) >= 11 is 0. The summed E-state index contributed by atoms with van der Waals surface area (Å²) in [5, 5.41) is 0. The summed E-state index contributed by atoms with van der Waals surface area (Å²) in [6.07, 6.45) is 0.500. The van der Waals surface area contributed by atoms with Crippen molar-refractivity contribution in [1.82, 2.24) is 0 Å². The van der Waals surface area contributed by atoms with Gasteiger partial charge in [-0.15, -0.1) is 0 Å². The van der Waals surface area contributed by atoms with E-state index in [4.69, 9.17) is 4.74 Å². The van der Waals surface area contributed by atoms with Crippen LogP contribution in [0.1, 0.15) is 27.2 Å². The monoisotopic (exact) mass is 146 g/mol. The molecule has 0 aromatic carbocycles. The minimum Gasteiger partial charge on any atom is -0.463 e. The highest BCUT2D eigenvalue weighted by atomic mass is 27.0. The normalized spacial score (nSPS) is 8.44. The van der Waals surface area contributed by atoms with E-state index in [1.807, 2.05) is 13.8 Å². The van der Waals surface area contributed by atoms with Crippen molar-refractivity contribution in [1.29, 1.82) is 0 Å². The molecular formula is C6H15AlO2. The molecule has 0 spiro atoms. The Morgan fingerprint density at radius 2 is 2.00 bits per heavy atom. The summed E-state index contributed by atoms with van der Waals surface area (Å²) in [5.41, 5.74) is 0. The van der Waals surface area contributed by atoms with Gasteiger partial charge in [0.1, 0.15) is 0 Å². The maximum absolute atomic E-state index is 10.4. The maximum atomic E-state index is 10.4. The average Bonchev–Trinajstić information content (AvgIpc) is 1.65. The smallest absolute Gasteiger partial charge is 0.305 e. The van der Waals surface area contributed by atoms with Gasteiger partial charge in [-0.3, -0.25) is 4.79 Å². The Hall–Kier alpha value is 0.00247. The first-order chi connectivity index (χ1) is 3.66. The van der Waals surface area contributed by atoms with Crippen molar-refractivity contribution in [3.05, 3.63) is 0 Å². The zero-order valence-corrected chi connectivity index (χ0v) is 5.60. The Morgan fingerprint density at radius 1 is 1.56 bits per heavy atom. The van der Waals surface area contributed by atoms with E-state index in [2.05, 4.69) is 0 Å². The highest BCUT2D eigenvalue weighted by Gasteiger charge is 1.98. The first-order valence-electron chi connectivity index (χ1n) is 2.86. The predicted molar refractivity (Wildman–Crippen MR) is 41.5 cm³/mol. The molecule has 0 heterocycles. The standard InChI is InChI=1S/C6H12O2.Al.3H/c1-4-6(7)8-5(2)3;;;;/h5H,4H2,1-3H3;;;;. The predicted octanol–water partition coefficient (Wildman–Crippen LogP) is 0.164. The molecule has 3 heteroatoms. The van der Waals surface area contributed by atoms with Crippen molar-refractivity contribution in [3.8, 4) is 0 Å². The zero-order chi connectivity index (χ0) is 6.57. The Kier molecular flexibility index (Phi) is 8.00. The molecule has 0 aromatic heterocycles. The number of hydrogen-bond donors (Lipinski definition) is 0. The number of carbonyl (C=O) groups excluding carboxylic acids is 1. The van der Waals surface area contributed by atoms with Crippen molar-refractivity contribution in [2.45, 2.75) is 33.3 Å². The van der Waals surface area contributed by atoms with Gasteiger partial charge in [0.25, 0.3) is 0 Å². The zero-order valence-electron chi connectivity index (χ0n) is 5.60. The topological polar surface area (TPSA) is 26.3 Å². The quantitative estimate of drug-likeness (QED) is 0.410. The van der Waals surface area contributed by atoms with Crippen LogP contribution in [0, 0.1) is 0 Å². The summed E-state index contributed by atoms with van der Waals surface area (Å²) in [5.74, 6) is -0.125. The molecule has 0 rings (SSSR count). The van der Waals surface area contributed by atoms with E-state index in [0.717, 1.165) is 0 Å². The maximum Gasteiger partial charge on any atom is 0.305 e. The van der Waals surface area contributed by atoms with Crippen LogP contribution in [0.2, 0.25) is 0 Å². The van der Waals surface area contributed by atoms with Gasteiger partial charge >= 0.3 is 5.97 Å². The van der Waals surface area contributed by atoms with Gasteiger partial charge in [0.15, 0.2) is 17.4 Å². The largest absolute Gasteiger partial charge is 0.463 e. The van der Waals surface area contributed by atoms with E-state index in [1.165, 1.54) is 0 Å². The summed E-state index contributed by atoms with van der Waals surface area (Å²) < 4.78 is 4.76. The molecule has 0 fully saturated rings. The van der Waals surface area contributed by atoms with Crippen LogP contribution in [0.3, 0.4) is 0 Å². The summed E-state index contributed by atoms with van der Waals surface area (Å²) in [6, 6.07) is 0. The molecule has 0 aliphatic rings. The highest BCUT2D eigenvalue weighted by molar-refractivity contribution is 5.75. The van der Waals surface area contributed by atoms with Gasteiger partial charge in [0.2, 0.25) is 0 Å². The average molecular weight is 146 g/mol. The minimum absolute atomic E-state index is 0. The molecule has 2 nitrogen and oxygen atoms in total. The molecule has 0 aromatic rings. The van der Waals surface area contributed by atoms with E-state index in [0.29, 0.717) is 6.42 Å². The van der Waals surface area contributed by atoms with Crippen molar-refractivity contribution in [3.63, 3.8) is 0 Å². The van der Waals surface area contributed by atoms with Crippen molar-refractivity contribution in [2.24, 2.45) is 0 Å². The van der Waals surface area contributed by atoms with E-state index < -0.39 is 0 Å². The molecule has 9 heavy (non-hydrogen) atoms. The molecular weight excluding hydrogens is 131 g/mol. The van der Waals surface area contributed by atoms with Crippen molar-refractivity contribution in [2.75, 3.05) is 0 Å². The fourth-order valence-electron chi connectivity index (χ4n) is 0.346. The molecule has 0 amide bonds. The first-order valence-corrected chi connectivity index (χ1v) is 2.86. The second kappa shape index (κ2) is 6.13. The van der Waals surface area contributed by atoms with Gasteiger partial charge < -0.3 is 4.74 Å². The van der Waals surface area contributed by atoms with Crippen molar-refractivity contribution >= 4 is 23.3 Å². The molecule has 0 atom stereocenters. The highest BCUT2D eigenvalue weighted by Crippen LogP contribution is 1.90. The molecule has 0 saturated heterocycles. The van der Waals surface area contributed by atoms with E-state index in [1.54, 1.807) is 6.92 Å². The molecule has 0 bridgehead atoms. The molecule has 0 aliphatic carbocycles. The number of rotatable bonds is 2. The lowest BCUT2D eigenvalue weighted by molar-refractivity contribution is -0.146. The van der Waals surface area contributed by atoms with Gasteiger partial charge in [-0.25, -0.2) is 0 Å². The summed E-state index contributed by atoms with van der Waals surface area (Å²) in [4.78, 5) is 10.4. The van der Waals surface area contributed by atoms with Gasteiger partial charge in [-0.2, -0.15) is 0 Å². The Morgan fingerprint density at radius 3 is 2.11 bits per heavy atom. The third kappa shape index (κ3) is 8.00. The Balaban J connectivity index is 0. The summed E-state index contributed by atoms with van der Waals surface area (Å²) in [6.45, 7) is 5.46. The lowest BCUT2D eigenvalue weighted by atomic mass is 10.4. The summed E-state index contributed by atoms with van der Waals surface area (Å²) in [7, 11) is 0. The van der Waals surface area contributed by atoms with Gasteiger partial charge in [-0.1, -0.05) is 6.92 Å². The van der Waals surface area contributed by atoms with E-state index in [9.17, 15) is 4.79 Å². The number of carbonyl (C=O) groups is 1. The third-order valence-corrected chi connectivity index (χ3v) is 0.656. The van der Waals surface area contributed by atoms with E-state index in [-0.39, 0.29) is 29.4 Å². The Labute approximate surface area is 66.7 Å². The molecule has 54 valence electrons. The second-order valence-electron chi connectivity index (χ2n) is 1.89. The van der Waals surface area contributed by atoms with Crippen LogP contribution in [0.5, 0.6) is 0 Å². The molecule has 0 saturated carbocycles. The Bertz CT molecular complexity index is 81.1. The van der Waals surface area contributed by atoms with Crippen LogP contribution >= 0.6 is 0 Å². The van der Waals surface area contributed by atoms with Gasteiger partial charge in [0, 0.05) is 6.42 Å². The number of esters is 1. The third-order valence-electron chi connectivity index (χ3n) is 0.656. The van der Waals surface area contributed by atoms with Crippen LogP contribution in [0.15, 0.2) is 0 Å². The fourth-order valence-corrected chi connectivity index (χ4v) is 0.346. The minimum atomic E-state index is -0.125. The van der Waals surface area contributed by atoms with Crippen LogP contribution in [0.25, 0.3) is 0 Å². The van der Waals surface area contributed by atoms with Crippen LogP contribution < -0.4 is 0 Å². The SMILES string of the molecule is CCC(=O)OC(C)C.[AlH3].